The molecule has 0 aliphatic carbocycles. The number of aryl methyl sites for hydroxylation is 1. The first-order chi connectivity index (χ1) is 11.1. The van der Waals surface area contributed by atoms with Gasteiger partial charge in [-0.15, -0.1) is 0 Å². The molecule has 0 aliphatic rings. The van der Waals surface area contributed by atoms with E-state index in [4.69, 9.17) is 21.1 Å². The van der Waals surface area contributed by atoms with E-state index in [1.807, 2.05) is 49.4 Å². The van der Waals surface area contributed by atoms with Gasteiger partial charge in [0.15, 0.2) is 6.61 Å². The molecule has 3 nitrogen and oxygen atoms in total. The lowest BCUT2D eigenvalue weighted by Gasteiger charge is -2.09. The number of ether oxygens (including phenoxy) is 2. The van der Waals surface area contributed by atoms with Crippen molar-refractivity contribution in [2.24, 2.45) is 0 Å². The molecule has 3 aromatic carbocycles. The Morgan fingerprint density at radius 1 is 1.00 bits per heavy atom. The molecule has 0 unspecified atom stereocenters. The van der Waals surface area contributed by atoms with Crippen LogP contribution in [0, 0.1) is 6.92 Å². The minimum absolute atomic E-state index is 0.152. The number of esters is 1. The monoisotopic (exact) mass is 326 g/mol. The third kappa shape index (κ3) is 3.82. The minimum atomic E-state index is -0.455. The molecule has 4 heteroatoms. The van der Waals surface area contributed by atoms with Gasteiger partial charge in [-0.1, -0.05) is 41.9 Å². The van der Waals surface area contributed by atoms with Crippen LogP contribution in [-0.2, 0) is 4.79 Å². The highest BCUT2D eigenvalue weighted by Crippen LogP contribution is 2.23. The standard InChI is InChI=1S/C19H15ClO3/c1-13-10-16(20)7-9-18(13)23-19(21)12-22-17-8-6-14-4-2-3-5-15(14)11-17/h2-11H,12H2,1H3. The second kappa shape index (κ2) is 6.71. The first kappa shape index (κ1) is 15.4. The lowest BCUT2D eigenvalue weighted by atomic mass is 10.1. The van der Waals surface area contributed by atoms with Gasteiger partial charge >= 0.3 is 5.97 Å². The molecule has 116 valence electrons. The van der Waals surface area contributed by atoms with Gasteiger partial charge in [0.05, 0.1) is 0 Å². The minimum Gasteiger partial charge on any atom is -0.482 e. The van der Waals surface area contributed by atoms with Crippen LogP contribution in [-0.4, -0.2) is 12.6 Å². The van der Waals surface area contributed by atoms with Crippen molar-refractivity contribution >= 4 is 28.3 Å². The van der Waals surface area contributed by atoms with Gasteiger partial charge in [-0.05, 0) is 53.6 Å². The Morgan fingerprint density at radius 2 is 1.78 bits per heavy atom. The fourth-order valence-electron chi connectivity index (χ4n) is 2.28. The van der Waals surface area contributed by atoms with E-state index < -0.39 is 5.97 Å². The maximum Gasteiger partial charge on any atom is 0.349 e. The lowest BCUT2D eigenvalue weighted by Crippen LogP contribution is -2.18. The lowest BCUT2D eigenvalue weighted by molar-refractivity contribution is -0.136. The van der Waals surface area contributed by atoms with Gasteiger partial charge < -0.3 is 9.47 Å². The Labute approximate surface area is 139 Å². The molecule has 0 atom stereocenters. The van der Waals surface area contributed by atoms with E-state index in [1.165, 1.54) is 0 Å². The van der Waals surface area contributed by atoms with Gasteiger partial charge in [-0.2, -0.15) is 0 Å². The van der Waals surface area contributed by atoms with Gasteiger partial charge in [0.1, 0.15) is 11.5 Å². The molecule has 0 radical (unpaired) electrons. The van der Waals surface area contributed by atoms with E-state index in [2.05, 4.69) is 0 Å². The van der Waals surface area contributed by atoms with Gasteiger partial charge in [0.2, 0.25) is 0 Å². The van der Waals surface area contributed by atoms with Crippen molar-refractivity contribution in [2.45, 2.75) is 6.92 Å². The molecule has 0 aliphatic heterocycles. The maximum absolute atomic E-state index is 11.9. The van der Waals surface area contributed by atoms with Gasteiger partial charge in [-0.25, -0.2) is 4.79 Å². The van der Waals surface area contributed by atoms with Crippen LogP contribution in [0.5, 0.6) is 11.5 Å². The molecule has 0 saturated carbocycles. The van der Waals surface area contributed by atoms with Crippen LogP contribution in [0.3, 0.4) is 0 Å². The Balaban J connectivity index is 1.63. The molecule has 3 rings (SSSR count). The largest absolute Gasteiger partial charge is 0.482 e. The third-order valence-electron chi connectivity index (χ3n) is 3.44. The van der Waals surface area contributed by atoms with Gasteiger partial charge in [0, 0.05) is 5.02 Å². The topological polar surface area (TPSA) is 35.5 Å². The summed E-state index contributed by atoms with van der Waals surface area (Å²) in [7, 11) is 0. The molecule has 0 spiro atoms. The van der Waals surface area contributed by atoms with E-state index in [-0.39, 0.29) is 6.61 Å². The molecule has 0 saturated heterocycles. The van der Waals surface area contributed by atoms with E-state index in [0.29, 0.717) is 16.5 Å². The number of benzene rings is 3. The average molecular weight is 327 g/mol. The van der Waals surface area contributed by atoms with Crippen LogP contribution in [0.25, 0.3) is 10.8 Å². The summed E-state index contributed by atoms with van der Waals surface area (Å²) in [5, 5.41) is 2.79. The van der Waals surface area contributed by atoms with Crippen LogP contribution in [0.4, 0.5) is 0 Å². The van der Waals surface area contributed by atoms with Gasteiger partial charge in [-0.3, -0.25) is 0 Å². The highest BCUT2D eigenvalue weighted by molar-refractivity contribution is 6.30. The molecule has 0 amide bonds. The maximum atomic E-state index is 11.9. The molecule has 0 aromatic heterocycles. The van der Waals surface area contributed by atoms with E-state index >= 15 is 0 Å². The summed E-state index contributed by atoms with van der Waals surface area (Å²) in [4.78, 5) is 11.9. The summed E-state index contributed by atoms with van der Waals surface area (Å²) < 4.78 is 10.8. The van der Waals surface area contributed by atoms with Crippen molar-refractivity contribution in [3.63, 3.8) is 0 Å². The Morgan fingerprint density at radius 3 is 2.57 bits per heavy atom. The molecule has 0 bridgehead atoms. The predicted octanol–water partition coefficient (Wildman–Crippen LogP) is 4.79. The second-order valence-corrected chi connectivity index (χ2v) is 5.62. The first-order valence-electron chi connectivity index (χ1n) is 7.20. The van der Waals surface area contributed by atoms with Crippen molar-refractivity contribution in [1.82, 2.24) is 0 Å². The fraction of sp³-hybridized carbons (Fsp3) is 0.105. The zero-order valence-corrected chi connectivity index (χ0v) is 13.3. The van der Waals surface area contributed by atoms with Crippen LogP contribution in [0.2, 0.25) is 5.02 Å². The number of fused-ring (bicyclic) bond motifs is 1. The third-order valence-corrected chi connectivity index (χ3v) is 3.67. The molecular weight excluding hydrogens is 312 g/mol. The molecular formula is C19H15ClO3. The van der Waals surface area contributed by atoms with Crippen LogP contribution in [0.15, 0.2) is 60.7 Å². The van der Waals surface area contributed by atoms with Crippen LogP contribution < -0.4 is 9.47 Å². The Hall–Kier alpha value is -2.52. The van der Waals surface area contributed by atoms with E-state index in [9.17, 15) is 4.79 Å². The fourth-order valence-corrected chi connectivity index (χ4v) is 2.51. The SMILES string of the molecule is Cc1cc(Cl)ccc1OC(=O)COc1ccc2ccccc2c1. The summed E-state index contributed by atoms with van der Waals surface area (Å²) in [5.41, 5.74) is 0.802. The molecule has 23 heavy (non-hydrogen) atoms. The smallest absolute Gasteiger partial charge is 0.349 e. The normalized spacial score (nSPS) is 10.5. The highest BCUT2D eigenvalue weighted by Gasteiger charge is 2.09. The summed E-state index contributed by atoms with van der Waals surface area (Å²) in [6.07, 6.45) is 0. The molecule has 3 aromatic rings. The number of halogens is 1. The average Bonchev–Trinajstić information content (AvgIpc) is 2.55. The number of hydrogen-bond acceptors (Lipinski definition) is 3. The molecule has 0 heterocycles. The number of carbonyl (C=O) groups is 1. The number of rotatable bonds is 4. The van der Waals surface area contributed by atoms with Crippen molar-refractivity contribution in [3.05, 3.63) is 71.2 Å². The quantitative estimate of drug-likeness (QED) is 0.511. The summed E-state index contributed by atoms with van der Waals surface area (Å²) in [5.74, 6) is 0.665. The van der Waals surface area contributed by atoms with Crippen molar-refractivity contribution in [3.8, 4) is 11.5 Å². The molecule has 0 N–H and O–H groups in total. The van der Waals surface area contributed by atoms with E-state index in [1.54, 1.807) is 18.2 Å². The van der Waals surface area contributed by atoms with Crippen molar-refractivity contribution in [2.75, 3.05) is 6.61 Å². The predicted molar refractivity (Wildman–Crippen MR) is 91.3 cm³/mol. The van der Waals surface area contributed by atoms with Crippen LogP contribution in [0.1, 0.15) is 5.56 Å². The van der Waals surface area contributed by atoms with E-state index in [0.717, 1.165) is 16.3 Å². The second-order valence-electron chi connectivity index (χ2n) is 5.18. The zero-order valence-electron chi connectivity index (χ0n) is 12.6. The Bertz CT molecular complexity index is 858. The number of hydrogen-bond donors (Lipinski definition) is 0. The first-order valence-corrected chi connectivity index (χ1v) is 7.58. The molecule has 0 fully saturated rings. The van der Waals surface area contributed by atoms with Gasteiger partial charge in [0.25, 0.3) is 0 Å². The Kier molecular flexibility index (Phi) is 4.49. The van der Waals surface area contributed by atoms with Crippen molar-refractivity contribution in [1.29, 1.82) is 0 Å². The summed E-state index contributed by atoms with van der Waals surface area (Å²) >= 11 is 5.88. The zero-order chi connectivity index (χ0) is 16.2. The van der Waals surface area contributed by atoms with Crippen molar-refractivity contribution < 1.29 is 14.3 Å². The highest BCUT2D eigenvalue weighted by atomic mass is 35.5. The summed E-state index contributed by atoms with van der Waals surface area (Å²) in [6.45, 7) is 1.68. The summed E-state index contributed by atoms with van der Waals surface area (Å²) in [6, 6.07) is 18.8. The number of carbonyl (C=O) groups excluding carboxylic acids is 1. The van der Waals surface area contributed by atoms with Crippen LogP contribution >= 0.6 is 11.6 Å².